The lowest BCUT2D eigenvalue weighted by Gasteiger charge is -2.11. The van der Waals surface area contributed by atoms with Crippen LogP contribution < -0.4 is 4.74 Å². The molecule has 0 atom stereocenters. The molecule has 30 heavy (non-hydrogen) atoms. The summed E-state index contributed by atoms with van der Waals surface area (Å²) in [5.74, 6) is 1.64. The van der Waals surface area contributed by atoms with E-state index in [4.69, 9.17) is 26.1 Å². The molecule has 0 amide bonds. The van der Waals surface area contributed by atoms with Crippen LogP contribution in [0.25, 0.3) is 16.7 Å². The Balaban J connectivity index is 1.65. The largest absolute Gasteiger partial charge is 0.491 e. The summed E-state index contributed by atoms with van der Waals surface area (Å²) < 4.78 is 13.0. The van der Waals surface area contributed by atoms with E-state index in [9.17, 15) is 0 Å². The SMILES string of the molecule is COCCOc1ccc(-n2c(SCc3ccc(Cl)cc3)nc3ccc(C)cc32)cc1. The van der Waals surface area contributed by atoms with E-state index < -0.39 is 0 Å². The lowest BCUT2D eigenvalue weighted by molar-refractivity contribution is 0.146. The molecule has 0 aliphatic carbocycles. The first-order valence-electron chi connectivity index (χ1n) is 9.72. The Morgan fingerprint density at radius 1 is 0.967 bits per heavy atom. The van der Waals surface area contributed by atoms with Gasteiger partial charge in [0.05, 0.1) is 17.6 Å². The number of nitrogens with zero attached hydrogens (tertiary/aromatic N) is 2. The van der Waals surface area contributed by atoms with Gasteiger partial charge in [-0.2, -0.15) is 0 Å². The van der Waals surface area contributed by atoms with Crippen LogP contribution in [-0.4, -0.2) is 29.9 Å². The molecular formula is C24H23ClN2O2S. The number of aromatic nitrogens is 2. The van der Waals surface area contributed by atoms with Gasteiger partial charge in [0.2, 0.25) is 0 Å². The predicted molar refractivity (Wildman–Crippen MR) is 124 cm³/mol. The van der Waals surface area contributed by atoms with Crippen LogP contribution in [0.4, 0.5) is 0 Å². The molecule has 0 aliphatic heterocycles. The fourth-order valence-corrected chi connectivity index (χ4v) is 4.28. The molecule has 0 unspecified atom stereocenters. The Morgan fingerprint density at radius 3 is 2.47 bits per heavy atom. The Morgan fingerprint density at radius 2 is 1.73 bits per heavy atom. The fraction of sp³-hybridized carbons (Fsp3) is 0.208. The van der Waals surface area contributed by atoms with Crippen LogP contribution in [0, 0.1) is 6.92 Å². The average molecular weight is 439 g/mol. The van der Waals surface area contributed by atoms with Crippen LogP contribution in [0.2, 0.25) is 5.02 Å². The van der Waals surface area contributed by atoms with Gasteiger partial charge >= 0.3 is 0 Å². The minimum absolute atomic E-state index is 0.533. The first-order chi connectivity index (χ1) is 14.6. The van der Waals surface area contributed by atoms with E-state index in [-0.39, 0.29) is 0 Å². The van der Waals surface area contributed by atoms with Crippen molar-refractivity contribution in [1.29, 1.82) is 0 Å². The van der Waals surface area contributed by atoms with Crippen LogP contribution in [-0.2, 0) is 10.5 Å². The van der Waals surface area contributed by atoms with Crippen molar-refractivity contribution in [2.24, 2.45) is 0 Å². The molecule has 0 N–H and O–H groups in total. The topological polar surface area (TPSA) is 36.3 Å². The van der Waals surface area contributed by atoms with Crippen molar-refractivity contribution in [2.45, 2.75) is 17.8 Å². The van der Waals surface area contributed by atoms with Crippen LogP contribution in [0.3, 0.4) is 0 Å². The highest BCUT2D eigenvalue weighted by Crippen LogP contribution is 2.31. The minimum Gasteiger partial charge on any atom is -0.491 e. The number of rotatable bonds is 8. The number of methoxy groups -OCH3 is 1. The molecule has 4 nitrogen and oxygen atoms in total. The van der Waals surface area contributed by atoms with Gasteiger partial charge in [-0.3, -0.25) is 4.57 Å². The molecule has 0 spiro atoms. The summed E-state index contributed by atoms with van der Waals surface area (Å²) in [6.45, 7) is 3.20. The minimum atomic E-state index is 0.533. The Hall–Kier alpha value is -2.47. The van der Waals surface area contributed by atoms with Crippen LogP contribution >= 0.6 is 23.4 Å². The van der Waals surface area contributed by atoms with Gasteiger partial charge in [-0.25, -0.2) is 4.98 Å². The fourth-order valence-electron chi connectivity index (χ4n) is 3.17. The van der Waals surface area contributed by atoms with Gasteiger partial charge in [-0.05, 0) is 66.6 Å². The normalized spacial score (nSPS) is 11.2. The molecule has 4 rings (SSSR count). The van der Waals surface area contributed by atoms with Crippen molar-refractivity contribution in [3.8, 4) is 11.4 Å². The third-order valence-electron chi connectivity index (χ3n) is 4.71. The highest BCUT2D eigenvalue weighted by Gasteiger charge is 2.14. The van der Waals surface area contributed by atoms with Gasteiger partial charge < -0.3 is 9.47 Å². The molecule has 0 saturated carbocycles. The molecule has 4 aromatic rings. The second kappa shape index (κ2) is 9.56. The van der Waals surface area contributed by atoms with Crippen molar-refractivity contribution in [3.63, 3.8) is 0 Å². The Bertz CT molecular complexity index is 1120. The molecular weight excluding hydrogens is 416 g/mol. The van der Waals surface area contributed by atoms with Crippen molar-refractivity contribution in [3.05, 3.63) is 82.9 Å². The zero-order chi connectivity index (χ0) is 20.9. The van der Waals surface area contributed by atoms with E-state index in [0.29, 0.717) is 13.2 Å². The van der Waals surface area contributed by atoms with Gasteiger partial charge in [0.1, 0.15) is 12.4 Å². The molecule has 1 heterocycles. The van der Waals surface area contributed by atoms with Gasteiger partial charge in [0.25, 0.3) is 0 Å². The second-order valence-electron chi connectivity index (χ2n) is 6.97. The zero-order valence-corrected chi connectivity index (χ0v) is 18.5. The van der Waals surface area contributed by atoms with Gasteiger partial charge in [0.15, 0.2) is 5.16 Å². The number of benzene rings is 3. The summed E-state index contributed by atoms with van der Waals surface area (Å²) in [6.07, 6.45) is 0. The van der Waals surface area contributed by atoms with E-state index in [0.717, 1.165) is 38.4 Å². The lowest BCUT2D eigenvalue weighted by atomic mass is 10.2. The van der Waals surface area contributed by atoms with Crippen molar-refractivity contribution < 1.29 is 9.47 Å². The molecule has 0 bridgehead atoms. The van der Waals surface area contributed by atoms with Crippen LogP contribution in [0.15, 0.2) is 71.9 Å². The zero-order valence-electron chi connectivity index (χ0n) is 17.0. The van der Waals surface area contributed by atoms with E-state index in [2.05, 4.69) is 54.0 Å². The van der Waals surface area contributed by atoms with E-state index in [1.165, 1.54) is 11.1 Å². The van der Waals surface area contributed by atoms with Crippen LogP contribution in [0.5, 0.6) is 5.75 Å². The number of hydrogen-bond acceptors (Lipinski definition) is 4. The van der Waals surface area contributed by atoms with Gasteiger partial charge in [0, 0.05) is 23.6 Å². The number of ether oxygens (including phenoxy) is 2. The number of thioether (sulfide) groups is 1. The lowest BCUT2D eigenvalue weighted by Crippen LogP contribution is -2.04. The first-order valence-corrected chi connectivity index (χ1v) is 11.1. The van der Waals surface area contributed by atoms with Crippen molar-refractivity contribution >= 4 is 34.4 Å². The number of fused-ring (bicyclic) bond motifs is 1. The number of aryl methyl sites for hydroxylation is 1. The van der Waals surface area contributed by atoms with Gasteiger partial charge in [-0.1, -0.05) is 41.6 Å². The molecule has 0 saturated heterocycles. The van der Waals surface area contributed by atoms with Crippen molar-refractivity contribution in [2.75, 3.05) is 20.3 Å². The maximum absolute atomic E-state index is 6.01. The number of imidazole rings is 1. The summed E-state index contributed by atoms with van der Waals surface area (Å²) in [4.78, 5) is 4.90. The molecule has 154 valence electrons. The molecule has 0 radical (unpaired) electrons. The molecule has 0 fully saturated rings. The van der Waals surface area contributed by atoms with E-state index in [1.807, 2.05) is 24.3 Å². The Kier molecular flexibility index (Phi) is 6.62. The summed E-state index contributed by atoms with van der Waals surface area (Å²) >= 11 is 7.73. The highest BCUT2D eigenvalue weighted by atomic mass is 35.5. The monoisotopic (exact) mass is 438 g/mol. The second-order valence-corrected chi connectivity index (χ2v) is 8.35. The maximum atomic E-state index is 6.01. The predicted octanol–water partition coefficient (Wildman–Crippen LogP) is 6.30. The van der Waals surface area contributed by atoms with Gasteiger partial charge in [-0.15, -0.1) is 0 Å². The molecule has 3 aromatic carbocycles. The quantitative estimate of drug-likeness (QED) is 0.239. The van der Waals surface area contributed by atoms with E-state index >= 15 is 0 Å². The molecule has 0 aliphatic rings. The standard InChI is InChI=1S/C24H23ClN2O2S/c1-17-3-12-22-23(15-17)27(20-8-10-21(11-9-20)29-14-13-28-2)24(26-22)30-16-18-4-6-19(25)7-5-18/h3-12,15H,13-14,16H2,1-2H3. The van der Waals surface area contributed by atoms with Crippen LogP contribution in [0.1, 0.15) is 11.1 Å². The third kappa shape index (κ3) is 4.81. The van der Waals surface area contributed by atoms with E-state index in [1.54, 1.807) is 18.9 Å². The number of halogens is 1. The summed E-state index contributed by atoms with van der Waals surface area (Å²) in [5.41, 5.74) is 5.56. The third-order valence-corrected chi connectivity index (χ3v) is 5.97. The number of hydrogen-bond donors (Lipinski definition) is 0. The maximum Gasteiger partial charge on any atom is 0.174 e. The average Bonchev–Trinajstić information content (AvgIpc) is 3.11. The smallest absolute Gasteiger partial charge is 0.174 e. The molecule has 6 heteroatoms. The summed E-state index contributed by atoms with van der Waals surface area (Å²) in [6, 6.07) is 22.4. The summed E-state index contributed by atoms with van der Waals surface area (Å²) in [5, 5.41) is 1.71. The Labute approximate surface area is 185 Å². The highest BCUT2D eigenvalue weighted by molar-refractivity contribution is 7.98. The molecule has 1 aromatic heterocycles. The van der Waals surface area contributed by atoms with Crippen molar-refractivity contribution in [1.82, 2.24) is 9.55 Å². The first kappa shape index (κ1) is 20.8. The summed E-state index contributed by atoms with van der Waals surface area (Å²) in [7, 11) is 1.67.